The summed E-state index contributed by atoms with van der Waals surface area (Å²) in [4.78, 5) is 13.0. The van der Waals surface area contributed by atoms with Gasteiger partial charge in [-0.1, -0.05) is 24.3 Å². The number of thiophene rings is 1. The van der Waals surface area contributed by atoms with Crippen molar-refractivity contribution in [2.75, 3.05) is 5.32 Å². The van der Waals surface area contributed by atoms with Crippen LogP contribution in [-0.2, 0) is 17.5 Å². The Morgan fingerprint density at radius 2 is 1.72 bits per heavy atom. The van der Waals surface area contributed by atoms with Crippen molar-refractivity contribution in [1.82, 2.24) is 0 Å². The molecule has 3 nitrogen and oxygen atoms in total. The van der Waals surface area contributed by atoms with E-state index in [-0.39, 0.29) is 11.8 Å². The van der Waals surface area contributed by atoms with Crippen LogP contribution in [0, 0.1) is 5.92 Å². The van der Waals surface area contributed by atoms with Crippen LogP contribution in [0.5, 0.6) is 0 Å². The van der Waals surface area contributed by atoms with Crippen LogP contribution in [0.3, 0.4) is 0 Å². The third-order valence-corrected chi connectivity index (χ3v) is 6.21. The fourth-order valence-corrected chi connectivity index (χ4v) is 4.28. The molecule has 0 saturated heterocycles. The molecular formula is C22H18F3NO2S. The third kappa shape index (κ3) is 4.45. The molecule has 1 aliphatic carbocycles. The van der Waals surface area contributed by atoms with E-state index in [2.05, 4.69) is 5.32 Å². The summed E-state index contributed by atoms with van der Waals surface area (Å²) in [6, 6.07) is 16.9. The van der Waals surface area contributed by atoms with Crippen LogP contribution in [-0.4, -0.2) is 11.1 Å². The number of benzene rings is 2. The van der Waals surface area contributed by atoms with Crippen molar-refractivity contribution in [2.24, 2.45) is 5.92 Å². The molecule has 2 atom stereocenters. The second-order valence-corrected chi connectivity index (χ2v) is 8.27. The molecule has 7 heteroatoms. The lowest BCUT2D eigenvalue weighted by Crippen LogP contribution is -2.03. The molecule has 3 aromatic rings. The van der Waals surface area contributed by atoms with Gasteiger partial charge in [0.15, 0.2) is 0 Å². The van der Waals surface area contributed by atoms with Crippen molar-refractivity contribution < 1.29 is 23.1 Å². The molecule has 150 valence electrons. The molecule has 1 aliphatic rings. The summed E-state index contributed by atoms with van der Waals surface area (Å²) in [6.45, 7) is 0.603. The fourth-order valence-electron chi connectivity index (χ4n) is 3.33. The summed E-state index contributed by atoms with van der Waals surface area (Å²) >= 11 is 1.53. The van der Waals surface area contributed by atoms with Gasteiger partial charge >= 0.3 is 12.1 Å². The minimum absolute atomic E-state index is 0.116. The Labute approximate surface area is 169 Å². The van der Waals surface area contributed by atoms with Gasteiger partial charge in [-0.05, 0) is 59.9 Å². The van der Waals surface area contributed by atoms with Crippen LogP contribution in [0.2, 0.25) is 0 Å². The summed E-state index contributed by atoms with van der Waals surface area (Å²) in [5.74, 6) is -0.882. The lowest BCUT2D eigenvalue weighted by molar-refractivity contribution is -0.139. The maximum atomic E-state index is 12.7. The Balaban J connectivity index is 1.35. The topological polar surface area (TPSA) is 49.3 Å². The van der Waals surface area contributed by atoms with E-state index < -0.39 is 17.7 Å². The van der Waals surface area contributed by atoms with E-state index in [0.717, 1.165) is 38.7 Å². The number of nitrogens with one attached hydrogen (secondary N) is 1. The number of carboxylic acids is 1. The number of hydrogen-bond acceptors (Lipinski definition) is 3. The number of carboxylic acid groups (broad SMARTS) is 1. The van der Waals surface area contributed by atoms with E-state index >= 15 is 0 Å². The van der Waals surface area contributed by atoms with Gasteiger partial charge in [-0.3, -0.25) is 4.79 Å². The average molecular weight is 417 g/mol. The van der Waals surface area contributed by atoms with E-state index in [9.17, 15) is 18.0 Å². The number of aliphatic carboxylic acids is 1. The first-order valence-corrected chi connectivity index (χ1v) is 9.96. The molecule has 2 N–H and O–H groups in total. The zero-order valence-corrected chi connectivity index (χ0v) is 16.1. The SMILES string of the molecule is O=C(O)[C@H]1CC1c1ccc(NCc2ccc(-c3ccc(C(F)(F)F)cc3)s2)cc1. The Kier molecular flexibility index (Phi) is 5.08. The summed E-state index contributed by atoms with van der Waals surface area (Å²) < 4.78 is 38.0. The average Bonchev–Trinajstić information content (AvgIpc) is 3.37. The molecule has 1 heterocycles. The number of anilines is 1. The van der Waals surface area contributed by atoms with E-state index in [1.165, 1.54) is 23.5 Å². The standard InChI is InChI=1S/C22H18F3NO2S/c23-22(24,25)15-5-1-14(2-6-15)20-10-9-17(29-20)12-26-16-7-3-13(4-8-16)18-11-19(18)21(27)28/h1-10,18-19,26H,11-12H2,(H,27,28)/t18?,19-/m0/s1. The van der Waals surface area contributed by atoms with Gasteiger partial charge in [0.05, 0.1) is 11.5 Å². The number of carbonyl (C=O) groups is 1. The van der Waals surface area contributed by atoms with Gasteiger partial charge in [-0.25, -0.2) is 0 Å². The highest BCUT2D eigenvalue weighted by Gasteiger charge is 2.44. The molecule has 1 saturated carbocycles. The first-order valence-electron chi connectivity index (χ1n) is 9.14. The molecule has 0 amide bonds. The van der Waals surface area contributed by atoms with Crippen molar-refractivity contribution in [3.05, 3.63) is 76.7 Å². The Bertz CT molecular complexity index is 1010. The maximum Gasteiger partial charge on any atom is 0.416 e. The largest absolute Gasteiger partial charge is 0.481 e. The summed E-state index contributed by atoms with van der Waals surface area (Å²) in [7, 11) is 0. The minimum Gasteiger partial charge on any atom is -0.481 e. The van der Waals surface area contributed by atoms with Gasteiger partial charge in [0.25, 0.3) is 0 Å². The van der Waals surface area contributed by atoms with Gasteiger partial charge in [0, 0.05) is 22.0 Å². The van der Waals surface area contributed by atoms with Gasteiger partial charge < -0.3 is 10.4 Å². The van der Waals surface area contributed by atoms with Crippen LogP contribution < -0.4 is 5.32 Å². The van der Waals surface area contributed by atoms with Crippen molar-refractivity contribution in [1.29, 1.82) is 0 Å². The highest BCUT2D eigenvalue weighted by molar-refractivity contribution is 7.15. The van der Waals surface area contributed by atoms with Crippen molar-refractivity contribution >= 4 is 23.0 Å². The van der Waals surface area contributed by atoms with Gasteiger partial charge in [0.2, 0.25) is 0 Å². The van der Waals surface area contributed by atoms with E-state index in [0.29, 0.717) is 13.0 Å². The highest BCUT2D eigenvalue weighted by Crippen LogP contribution is 2.47. The van der Waals surface area contributed by atoms with E-state index in [1.54, 1.807) is 0 Å². The smallest absolute Gasteiger partial charge is 0.416 e. The zero-order valence-electron chi connectivity index (χ0n) is 15.2. The molecule has 1 unspecified atom stereocenters. The predicted molar refractivity (Wildman–Crippen MR) is 107 cm³/mol. The van der Waals surface area contributed by atoms with Crippen molar-refractivity contribution in [3.8, 4) is 10.4 Å². The van der Waals surface area contributed by atoms with Crippen molar-refractivity contribution in [2.45, 2.75) is 25.1 Å². The van der Waals surface area contributed by atoms with Gasteiger partial charge in [-0.2, -0.15) is 13.2 Å². The van der Waals surface area contributed by atoms with Crippen LogP contribution in [0.15, 0.2) is 60.7 Å². The van der Waals surface area contributed by atoms with Gasteiger partial charge in [-0.15, -0.1) is 11.3 Å². The Hall–Kier alpha value is -2.80. The molecule has 0 bridgehead atoms. The van der Waals surface area contributed by atoms with Crippen LogP contribution >= 0.6 is 11.3 Å². The summed E-state index contributed by atoms with van der Waals surface area (Å²) in [5, 5.41) is 12.3. The summed E-state index contributed by atoms with van der Waals surface area (Å²) in [5.41, 5.74) is 2.09. The molecule has 0 spiro atoms. The molecule has 1 aromatic heterocycles. The third-order valence-electron chi connectivity index (χ3n) is 5.07. The Morgan fingerprint density at radius 1 is 1.03 bits per heavy atom. The number of halogens is 3. The molecule has 2 aromatic carbocycles. The molecule has 1 fully saturated rings. The normalized spacial score (nSPS) is 18.4. The lowest BCUT2D eigenvalue weighted by atomic mass is 10.1. The predicted octanol–water partition coefficient (Wildman–Crippen LogP) is 6.23. The second kappa shape index (κ2) is 7.55. The number of rotatable bonds is 6. The summed E-state index contributed by atoms with van der Waals surface area (Å²) in [6.07, 6.45) is -3.63. The first-order chi connectivity index (χ1) is 13.8. The zero-order chi connectivity index (χ0) is 20.6. The molecular weight excluding hydrogens is 399 g/mol. The van der Waals surface area contributed by atoms with E-state index in [1.807, 2.05) is 36.4 Å². The lowest BCUT2D eigenvalue weighted by Gasteiger charge is -2.07. The minimum atomic E-state index is -4.33. The highest BCUT2D eigenvalue weighted by atomic mass is 32.1. The van der Waals surface area contributed by atoms with Gasteiger partial charge in [0.1, 0.15) is 0 Å². The molecule has 4 rings (SSSR count). The van der Waals surface area contributed by atoms with E-state index in [4.69, 9.17) is 5.11 Å². The quantitative estimate of drug-likeness (QED) is 0.500. The number of hydrogen-bond donors (Lipinski definition) is 2. The first kappa shape index (κ1) is 19.5. The molecule has 29 heavy (non-hydrogen) atoms. The second-order valence-electron chi connectivity index (χ2n) is 7.10. The maximum absolute atomic E-state index is 12.7. The Morgan fingerprint density at radius 3 is 2.31 bits per heavy atom. The monoisotopic (exact) mass is 417 g/mol. The fraction of sp³-hybridized carbons (Fsp3) is 0.227. The van der Waals surface area contributed by atoms with Crippen LogP contribution in [0.4, 0.5) is 18.9 Å². The molecule has 0 radical (unpaired) electrons. The van der Waals surface area contributed by atoms with Crippen LogP contribution in [0.1, 0.15) is 28.3 Å². The molecule has 0 aliphatic heterocycles. The number of alkyl halides is 3. The van der Waals surface area contributed by atoms with Crippen LogP contribution in [0.25, 0.3) is 10.4 Å². The van der Waals surface area contributed by atoms with Crippen molar-refractivity contribution in [3.63, 3.8) is 0 Å².